The van der Waals surface area contributed by atoms with Crippen molar-refractivity contribution >= 4 is 16.9 Å². The minimum absolute atomic E-state index is 0.00730. The third-order valence-corrected chi connectivity index (χ3v) is 6.35. The molecule has 0 amide bonds. The first-order chi connectivity index (χ1) is 17.5. The number of fused-ring (bicyclic) bond motifs is 1. The molecule has 0 atom stereocenters. The zero-order valence-electron chi connectivity index (χ0n) is 20.5. The van der Waals surface area contributed by atoms with Crippen LogP contribution in [0, 0.1) is 13.8 Å². The van der Waals surface area contributed by atoms with Gasteiger partial charge in [0.05, 0.1) is 18.5 Å². The molecule has 0 aliphatic rings. The van der Waals surface area contributed by atoms with Crippen molar-refractivity contribution in [2.75, 3.05) is 5.32 Å². The van der Waals surface area contributed by atoms with Gasteiger partial charge in [0, 0.05) is 31.5 Å². The van der Waals surface area contributed by atoms with Crippen LogP contribution in [0.25, 0.3) is 11.0 Å². The van der Waals surface area contributed by atoms with Gasteiger partial charge in [0.15, 0.2) is 5.65 Å². The fourth-order valence-electron chi connectivity index (χ4n) is 4.52. The van der Waals surface area contributed by atoms with Crippen LogP contribution in [0.5, 0.6) is 0 Å². The average Bonchev–Trinajstić information content (AvgIpc) is 3.29. The van der Waals surface area contributed by atoms with E-state index in [0.717, 1.165) is 27.9 Å². The van der Waals surface area contributed by atoms with Crippen molar-refractivity contribution in [3.8, 4) is 0 Å². The predicted octanol–water partition coefficient (Wildman–Crippen LogP) is 3.77. The van der Waals surface area contributed by atoms with Crippen LogP contribution >= 0.6 is 0 Å². The maximum absolute atomic E-state index is 12.0. The molecule has 3 aromatic heterocycles. The van der Waals surface area contributed by atoms with Crippen LogP contribution in [-0.4, -0.2) is 24.3 Å². The zero-order valence-corrected chi connectivity index (χ0v) is 20.5. The molecule has 3 N–H and O–H groups in total. The summed E-state index contributed by atoms with van der Waals surface area (Å²) in [7, 11) is 0. The standard InChI is InChI=1S/C28H29N7O/c1-19-11-20(2)24(23(12-19)13-29)14-30-27-25-17-35(33-28(25)32-18-31-27)16-22-8-6-21(7-9-22)15-34-10-4-3-5-26(34)36/h3-12,17-18H,13-16,29H2,1-2H3,(H,30,31,32,33). The third kappa shape index (κ3) is 5.04. The van der Waals surface area contributed by atoms with Gasteiger partial charge in [-0.25, -0.2) is 9.97 Å². The summed E-state index contributed by atoms with van der Waals surface area (Å²) < 4.78 is 3.57. The van der Waals surface area contributed by atoms with E-state index in [0.29, 0.717) is 31.8 Å². The first-order valence-corrected chi connectivity index (χ1v) is 11.9. The summed E-state index contributed by atoms with van der Waals surface area (Å²) in [6.45, 7) is 6.47. The van der Waals surface area contributed by atoms with Gasteiger partial charge in [-0.3, -0.25) is 9.48 Å². The number of benzene rings is 2. The molecule has 0 fully saturated rings. The number of anilines is 1. The van der Waals surface area contributed by atoms with E-state index in [1.807, 2.05) is 29.1 Å². The molecule has 8 heteroatoms. The fraction of sp³-hybridized carbons (Fsp3) is 0.214. The van der Waals surface area contributed by atoms with Gasteiger partial charge in [0.25, 0.3) is 5.56 Å². The van der Waals surface area contributed by atoms with Crippen molar-refractivity contribution in [1.29, 1.82) is 0 Å². The summed E-state index contributed by atoms with van der Waals surface area (Å²) >= 11 is 0. The molecule has 0 saturated heterocycles. The number of aromatic nitrogens is 5. The Bertz CT molecular complexity index is 1570. The van der Waals surface area contributed by atoms with Gasteiger partial charge in [-0.15, -0.1) is 0 Å². The van der Waals surface area contributed by atoms with E-state index in [1.54, 1.807) is 22.9 Å². The van der Waals surface area contributed by atoms with Gasteiger partial charge in [-0.1, -0.05) is 48.0 Å². The van der Waals surface area contributed by atoms with Crippen molar-refractivity contribution in [3.63, 3.8) is 0 Å². The van der Waals surface area contributed by atoms with Crippen molar-refractivity contribution in [3.05, 3.63) is 117 Å². The number of aryl methyl sites for hydroxylation is 2. The summed E-state index contributed by atoms with van der Waals surface area (Å²) in [5.41, 5.74) is 13.6. The molecule has 0 aliphatic carbocycles. The Morgan fingerprint density at radius 1 is 0.972 bits per heavy atom. The molecule has 3 heterocycles. The number of rotatable bonds is 8. The topological polar surface area (TPSA) is 104 Å². The summed E-state index contributed by atoms with van der Waals surface area (Å²) in [6, 6.07) is 17.7. The Balaban J connectivity index is 1.31. The second-order valence-electron chi connectivity index (χ2n) is 9.05. The average molecular weight is 480 g/mol. The normalized spacial score (nSPS) is 11.2. The molecule has 0 spiro atoms. The quantitative estimate of drug-likeness (QED) is 0.351. The summed E-state index contributed by atoms with van der Waals surface area (Å²) in [6.07, 6.45) is 5.31. The molecule has 2 aromatic carbocycles. The van der Waals surface area contributed by atoms with E-state index in [2.05, 4.69) is 58.5 Å². The van der Waals surface area contributed by atoms with Crippen LogP contribution in [0.1, 0.15) is 33.4 Å². The van der Waals surface area contributed by atoms with E-state index in [4.69, 9.17) is 5.73 Å². The molecule has 8 nitrogen and oxygen atoms in total. The lowest BCUT2D eigenvalue weighted by Crippen LogP contribution is -2.18. The molecular formula is C28H29N7O. The van der Waals surface area contributed by atoms with Crippen molar-refractivity contribution in [2.24, 2.45) is 5.73 Å². The first kappa shape index (κ1) is 23.4. The third-order valence-electron chi connectivity index (χ3n) is 6.35. The zero-order chi connectivity index (χ0) is 25.1. The summed E-state index contributed by atoms with van der Waals surface area (Å²) in [4.78, 5) is 20.8. The molecule has 0 saturated carbocycles. The maximum atomic E-state index is 12.0. The number of nitrogens with one attached hydrogen (secondary N) is 1. The monoisotopic (exact) mass is 479 g/mol. The van der Waals surface area contributed by atoms with Gasteiger partial charge in [0.1, 0.15) is 12.1 Å². The Morgan fingerprint density at radius 2 is 1.75 bits per heavy atom. The Morgan fingerprint density at radius 3 is 2.50 bits per heavy atom. The molecule has 5 aromatic rings. The number of hydrogen-bond donors (Lipinski definition) is 2. The van der Waals surface area contributed by atoms with E-state index in [-0.39, 0.29) is 5.56 Å². The summed E-state index contributed by atoms with van der Waals surface area (Å²) in [5.74, 6) is 0.748. The van der Waals surface area contributed by atoms with E-state index in [1.165, 1.54) is 23.0 Å². The van der Waals surface area contributed by atoms with Gasteiger partial charge in [-0.05, 0) is 47.7 Å². The molecule has 0 aliphatic heterocycles. The fourth-order valence-corrected chi connectivity index (χ4v) is 4.52. The predicted molar refractivity (Wildman–Crippen MR) is 142 cm³/mol. The minimum atomic E-state index is -0.00730. The van der Waals surface area contributed by atoms with Gasteiger partial charge in [0.2, 0.25) is 0 Å². The van der Waals surface area contributed by atoms with Gasteiger partial charge >= 0.3 is 0 Å². The number of hydrogen-bond acceptors (Lipinski definition) is 6. The van der Waals surface area contributed by atoms with Crippen LogP contribution < -0.4 is 16.6 Å². The maximum Gasteiger partial charge on any atom is 0.250 e. The highest BCUT2D eigenvalue weighted by Crippen LogP contribution is 2.22. The van der Waals surface area contributed by atoms with Crippen LogP contribution in [0.2, 0.25) is 0 Å². The molecule has 182 valence electrons. The number of pyridine rings is 1. The van der Waals surface area contributed by atoms with E-state index < -0.39 is 0 Å². The van der Waals surface area contributed by atoms with E-state index >= 15 is 0 Å². The van der Waals surface area contributed by atoms with Crippen molar-refractivity contribution in [1.82, 2.24) is 24.3 Å². The minimum Gasteiger partial charge on any atom is -0.365 e. The molecule has 0 bridgehead atoms. The van der Waals surface area contributed by atoms with E-state index in [9.17, 15) is 4.79 Å². The van der Waals surface area contributed by atoms with Crippen molar-refractivity contribution in [2.45, 2.75) is 40.0 Å². The van der Waals surface area contributed by atoms with Crippen LogP contribution in [0.15, 0.2) is 78.1 Å². The van der Waals surface area contributed by atoms with Crippen molar-refractivity contribution < 1.29 is 0 Å². The van der Waals surface area contributed by atoms with Gasteiger partial charge in [-0.2, -0.15) is 5.10 Å². The Hall–Kier alpha value is -4.30. The number of nitrogens with two attached hydrogens (primary N) is 1. The highest BCUT2D eigenvalue weighted by Gasteiger charge is 2.11. The number of nitrogens with zero attached hydrogens (tertiary/aromatic N) is 5. The highest BCUT2D eigenvalue weighted by atomic mass is 16.1. The molecular weight excluding hydrogens is 450 g/mol. The van der Waals surface area contributed by atoms with Gasteiger partial charge < -0.3 is 15.6 Å². The molecule has 5 rings (SSSR count). The molecule has 0 unspecified atom stereocenters. The Labute approximate surface area is 209 Å². The lowest BCUT2D eigenvalue weighted by atomic mass is 9.99. The largest absolute Gasteiger partial charge is 0.365 e. The SMILES string of the molecule is Cc1cc(C)c(CNc2ncnc3nn(Cc4ccc(Cn5ccccc5=O)cc4)cc23)c(CN)c1. The lowest BCUT2D eigenvalue weighted by molar-refractivity contribution is 0.692. The Kier molecular flexibility index (Phi) is 6.60. The lowest BCUT2D eigenvalue weighted by Gasteiger charge is -2.14. The van der Waals surface area contributed by atoms with Crippen LogP contribution in [0.3, 0.4) is 0 Å². The second-order valence-corrected chi connectivity index (χ2v) is 9.05. The van der Waals surface area contributed by atoms with Crippen LogP contribution in [0.4, 0.5) is 5.82 Å². The summed E-state index contributed by atoms with van der Waals surface area (Å²) in [5, 5.41) is 8.98. The molecule has 0 radical (unpaired) electrons. The highest BCUT2D eigenvalue weighted by molar-refractivity contribution is 5.85. The second kappa shape index (κ2) is 10.1. The smallest absolute Gasteiger partial charge is 0.250 e. The van der Waals surface area contributed by atoms with Crippen LogP contribution in [-0.2, 0) is 26.2 Å². The first-order valence-electron chi connectivity index (χ1n) is 11.9. The molecule has 36 heavy (non-hydrogen) atoms.